The fraction of sp³-hybridized carbons (Fsp3) is 0.0769. The summed E-state index contributed by atoms with van der Waals surface area (Å²) in [4.78, 5) is 23.9. The van der Waals surface area contributed by atoms with Crippen molar-refractivity contribution in [2.24, 2.45) is 0 Å². The Balaban J connectivity index is 2.07. The maximum Gasteiger partial charge on any atom is 0.238 e. The summed E-state index contributed by atoms with van der Waals surface area (Å²) < 4.78 is 0. The van der Waals surface area contributed by atoms with Gasteiger partial charge in [0.25, 0.3) is 0 Å². The predicted molar refractivity (Wildman–Crippen MR) is 63.8 cm³/mol. The molecule has 0 saturated carbocycles. The Morgan fingerprint density at radius 2 is 1.75 bits per heavy atom. The fourth-order valence-electron chi connectivity index (χ4n) is 1.41. The van der Waals surface area contributed by atoms with E-state index in [1.54, 1.807) is 17.5 Å². The van der Waals surface area contributed by atoms with Crippen molar-refractivity contribution in [2.45, 2.75) is 6.42 Å². The summed E-state index contributed by atoms with van der Waals surface area (Å²) >= 11 is 1.30. The molecule has 0 aliphatic rings. The minimum absolute atomic E-state index is 0.178. The third-order valence-corrected chi connectivity index (χ3v) is 3.07. The molecule has 0 aliphatic heterocycles. The monoisotopic (exact) mass is 230 g/mol. The largest absolute Gasteiger partial charge is 0.290 e. The summed E-state index contributed by atoms with van der Waals surface area (Å²) in [5.41, 5.74) is 0.873. The van der Waals surface area contributed by atoms with Gasteiger partial charge in [0.1, 0.15) is 0 Å². The summed E-state index contributed by atoms with van der Waals surface area (Å²) in [5, 5.41) is 1.79. The second-order valence-electron chi connectivity index (χ2n) is 3.39. The molecule has 0 aliphatic carbocycles. The minimum Gasteiger partial charge on any atom is -0.290 e. The van der Waals surface area contributed by atoms with Crippen LogP contribution < -0.4 is 0 Å². The third-order valence-electron chi connectivity index (χ3n) is 2.21. The molecule has 2 nitrogen and oxygen atoms in total. The number of ketones is 2. The lowest BCUT2D eigenvalue weighted by atomic mass is 10.1. The van der Waals surface area contributed by atoms with Crippen molar-refractivity contribution in [1.29, 1.82) is 0 Å². The lowest BCUT2D eigenvalue weighted by Crippen LogP contribution is -2.15. The molecule has 0 bridgehead atoms. The molecular formula is C13H10O2S. The summed E-state index contributed by atoms with van der Waals surface area (Å²) in [6.07, 6.45) is 0.178. The maximum absolute atomic E-state index is 11.7. The first-order valence-corrected chi connectivity index (χ1v) is 5.80. The molecule has 0 unspecified atom stereocenters. The maximum atomic E-state index is 11.7. The topological polar surface area (TPSA) is 34.1 Å². The van der Waals surface area contributed by atoms with Gasteiger partial charge in [-0.3, -0.25) is 9.59 Å². The fourth-order valence-corrected chi connectivity index (χ4v) is 2.09. The molecule has 0 spiro atoms. The van der Waals surface area contributed by atoms with E-state index in [1.165, 1.54) is 11.3 Å². The second kappa shape index (κ2) is 4.86. The Hall–Kier alpha value is -1.74. The standard InChI is InChI=1S/C13H10O2S/c14-11(9-10-5-2-1-3-6-10)13(15)12-7-4-8-16-12/h1-8H,9H2. The van der Waals surface area contributed by atoms with Crippen LogP contribution in [0.3, 0.4) is 0 Å². The van der Waals surface area contributed by atoms with E-state index in [1.807, 2.05) is 30.3 Å². The molecule has 80 valence electrons. The van der Waals surface area contributed by atoms with Crippen LogP contribution in [0.5, 0.6) is 0 Å². The van der Waals surface area contributed by atoms with Crippen molar-refractivity contribution in [1.82, 2.24) is 0 Å². The van der Waals surface area contributed by atoms with Crippen molar-refractivity contribution < 1.29 is 9.59 Å². The van der Waals surface area contributed by atoms with Gasteiger partial charge in [0.15, 0.2) is 0 Å². The number of hydrogen-bond donors (Lipinski definition) is 0. The van der Waals surface area contributed by atoms with E-state index in [0.29, 0.717) is 4.88 Å². The highest BCUT2D eigenvalue weighted by Gasteiger charge is 2.16. The zero-order valence-corrected chi connectivity index (χ0v) is 9.37. The number of benzene rings is 1. The van der Waals surface area contributed by atoms with Gasteiger partial charge >= 0.3 is 0 Å². The summed E-state index contributed by atoms with van der Waals surface area (Å²) in [6, 6.07) is 12.7. The number of rotatable bonds is 4. The molecule has 3 heteroatoms. The Morgan fingerprint density at radius 3 is 2.38 bits per heavy atom. The first-order chi connectivity index (χ1) is 7.77. The van der Waals surface area contributed by atoms with Crippen molar-refractivity contribution >= 4 is 22.9 Å². The van der Waals surface area contributed by atoms with Gasteiger partial charge in [0.2, 0.25) is 11.6 Å². The molecular weight excluding hydrogens is 220 g/mol. The van der Waals surface area contributed by atoms with E-state index in [-0.39, 0.29) is 18.0 Å². The van der Waals surface area contributed by atoms with Crippen molar-refractivity contribution in [2.75, 3.05) is 0 Å². The van der Waals surface area contributed by atoms with Crippen LogP contribution in [0.2, 0.25) is 0 Å². The lowest BCUT2D eigenvalue weighted by molar-refractivity contribution is -0.114. The quantitative estimate of drug-likeness (QED) is 0.598. The number of Topliss-reactive ketones (excluding diaryl/α,β-unsaturated/α-hetero) is 2. The van der Waals surface area contributed by atoms with Crippen LogP contribution in [0.4, 0.5) is 0 Å². The van der Waals surface area contributed by atoms with Crippen LogP contribution in [-0.2, 0) is 11.2 Å². The van der Waals surface area contributed by atoms with Gasteiger partial charge in [-0.2, -0.15) is 0 Å². The van der Waals surface area contributed by atoms with E-state index in [4.69, 9.17) is 0 Å². The molecule has 1 aromatic carbocycles. The van der Waals surface area contributed by atoms with E-state index < -0.39 is 0 Å². The van der Waals surface area contributed by atoms with Crippen LogP contribution in [0.25, 0.3) is 0 Å². The number of thiophene rings is 1. The minimum atomic E-state index is -0.390. The molecule has 1 heterocycles. The van der Waals surface area contributed by atoms with Gasteiger partial charge in [-0.05, 0) is 17.0 Å². The average Bonchev–Trinajstić information content (AvgIpc) is 2.83. The molecule has 16 heavy (non-hydrogen) atoms. The molecule has 1 aromatic heterocycles. The van der Waals surface area contributed by atoms with Gasteiger partial charge in [-0.1, -0.05) is 36.4 Å². The summed E-state index contributed by atoms with van der Waals surface area (Å²) in [7, 11) is 0. The van der Waals surface area contributed by atoms with Crippen LogP contribution in [-0.4, -0.2) is 11.6 Å². The molecule has 0 radical (unpaired) electrons. The predicted octanol–water partition coefficient (Wildman–Crippen LogP) is 2.74. The van der Waals surface area contributed by atoms with Crippen molar-refractivity contribution in [3.63, 3.8) is 0 Å². The Morgan fingerprint density at radius 1 is 1.00 bits per heavy atom. The first kappa shape index (κ1) is 10.8. The lowest BCUT2D eigenvalue weighted by Gasteiger charge is -1.98. The smallest absolute Gasteiger partial charge is 0.238 e. The third kappa shape index (κ3) is 2.44. The highest BCUT2D eigenvalue weighted by Crippen LogP contribution is 2.11. The highest BCUT2D eigenvalue weighted by molar-refractivity contribution is 7.13. The van der Waals surface area contributed by atoms with Crippen molar-refractivity contribution in [3.05, 3.63) is 58.3 Å². The molecule has 0 fully saturated rings. The van der Waals surface area contributed by atoms with Crippen LogP contribution in [0.15, 0.2) is 47.8 Å². The number of carbonyl (C=O) groups excluding carboxylic acids is 2. The molecule has 2 rings (SSSR count). The van der Waals surface area contributed by atoms with Crippen LogP contribution in [0.1, 0.15) is 15.2 Å². The van der Waals surface area contributed by atoms with Gasteiger partial charge in [-0.15, -0.1) is 11.3 Å². The SMILES string of the molecule is O=C(Cc1ccccc1)C(=O)c1cccs1. The molecule has 0 N–H and O–H groups in total. The summed E-state index contributed by atoms with van der Waals surface area (Å²) in [6.45, 7) is 0. The Labute approximate surface area is 97.5 Å². The van der Waals surface area contributed by atoms with E-state index in [0.717, 1.165) is 5.56 Å². The second-order valence-corrected chi connectivity index (χ2v) is 4.34. The number of carbonyl (C=O) groups is 2. The van der Waals surface area contributed by atoms with Gasteiger partial charge in [-0.25, -0.2) is 0 Å². The zero-order valence-electron chi connectivity index (χ0n) is 8.55. The van der Waals surface area contributed by atoms with E-state index >= 15 is 0 Å². The molecule has 0 amide bonds. The van der Waals surface area contributed by atoms with E-state index in [2.05, 4.69) is 0 Å². The van der Waals surface area contributed by atoms with Crippen molar-refractivity contribution in [3.8, 4) is 0 Å². The number of hydrogen-bond acceptors (Lipinski definition) is 3. The summed E-state index contributed by atoms with van der Waals surface area (Å²) in [5.74, 6) is -0.743. The highest BCUT2D eigenvalue weighted by atomic mass is 32.1. The van der Waals surface area contributed by atoms with Crippen LogP contribution >= 0.6 is 11.3 Å². The Bertz CT molecular complexity index is 486. The zero-order chi connectivity index (χ0) is 11.4. The molecule has 0 saturated heterocycles. The van der Waals surface area contributed by atoms with Gasteiger partial charge in [0, 0.05) is 6.42 Å². The van der Waals surface area contributed by atoms with Crippen LogP contribution in [0, 0.1) is 0 Å². The van der Waals surface area contributed by atoms with Gasteiger partial charge < -0.3 is 0 Å². The Kier molecular flexibility index (Phi) is 3.27. The molecule has 0 atom stereocenters. The van der Waals surface area contributed by atoms with Gasteiger partial charge in [0.05, 0.1) is 4.88 Å². The van der Waals surface area contributed by atoms with E-state index in [9.17, 15) is 9.59 Å². The average molecular weight is 230 g/mol. The molecule has 2 aromatic rings. The normalized spacial score (nSPS) is 10.0. The first-order valence-electron chi connectivity index (χ1n) is 4.92.